The summed E-state index contributed by atoms with van der Waals surface area (Å²) in [5, 5.41) is 0. The molecule has 0 bridgehead atoms. The molecule has 2 aromatic rings. The summed E-state index contributed by atoms with van der Waals surface area (Å²) in [5.74, 6) is -0.528. The minimum Gasteiger partial charge on any atom is -0.444 e. The van der Waals surface area contributed by atoms with Crippen LogP contribution in [0.2, 0.25) is 0 Å². The van der Waals surface area contributed by atoms with Crippen LogP contribution in [0, 0.1) is 0 Å². The number of nitrogens with zero attached hydrogens (tertiary/aromatic N) is 5. The molecule has 2 aliphatic heterocycles. The zero-order valence-electron chi connectivity index (χ0n) is 19.7. The fourth-order valence-electron chi connectivity index (χ4n) is 4.17. The predicted molar refractivity (Wildman–Crippen MR) is 119 cm³/mol. The van der Waals surface area contributed by atoms with Crippen molar-refractivity contribution in [1.29, 1.82) is 0 Å². The van der Waals surface area contributed by atoms with Gasteiger partial charge >= 0.3 is 6.09 Å². The first-order chi connectivity index (χ1) is 15.5. The second-order valence-corrected chi connectivity index (χ2v) is 9.78. The van der Waals surface area contributed by atoms with Crippen molar-refractivity contribution in [2.75, 3.05) is 25.4 Å². The highest BCUT2D eigenvalue weighted by Crippen LogP contribution is 2.44. The molecule has 12 heteroatoms. The smallest absolute Gasteiger partial charge is 0.410 e. The van der Waals surface area contributed by atoms with Gasteiger partial charge in [-0.2, -0.15) is 0 Å². The fraction of sp³-hybridized carbons (Fsp3) is 0.714. The zero-order valence-corrected chi connectivity index (χ0v) is 19.7. The number of hydrogen-bond donors (Lipinski definition) is 2. The first-order valence-electron chi connectivity index (χ1n) is 11.1. The molecule has 4 atom stereocenters. The molecule has 0 radical (unpaired) electrons. The van der Waals surface area contributed by atoms with Gasteiger partial charge in [-0.3, -0.25) is 4.57 Å². The second-order valence-electron chi connectivity index (χ2n) is 9.78. The molecule has 1 amide bonds. The molecule has 2 fully saturated rings. The van der Waals surface area contributed by atoms with Crippen LogP contribution in [0.1, 0.15) is 47.3 Å². The highest BCUT2D eigenvalue weighted by Gasteiger charge is 2.56. The van der Waals surface area contributed by atoms with Crippen LogP contribution < -0.4 is 11.5 Å². The Balaban J connectivity index is 1.61. The highest BCUT2D eigenvalue weighted by molar-refractivity contribution is 5.81. The maximum atomic E-state index is 12.9. The van der Waals surface area contributed by atoms with Crippen molar-refractivity contribution in [3.8, 4) is 0 Å². The molecule has 2 aliphatic rings. The molecule has 0 spiro atoms. The Hall–Kier alpha value is -2.54. The average Bonchev–Trinajstić information content (AvgIpc) is 3.35. The van der Waals surface area contributed by atoms with E-state index in [1.54, 1.807) is 15.8 Å². The lowest BCUT2D eigenvalue weighted by Gasteiger charge is -2.31. The number of imidazole rings is 1. The number of nitrogens with two attached hydrogens (primary N) is 2. The molecule has 2 aromatic heterocycles. The van der Waals surface area contributed by atoms with Gasteiger partial charge in [0, 0.05) is 6.54 Å². The number of nitrogen functional groups attached to an aromatic ring is 1. The molecule has 0 saturated carbocycles. The summed E-state index contributed by atoms with van der Waals surface area (Å²) < 4.78 is 26.2. The van der Waals surface area contributed by atoms with E-state index in [1.165, 1.54) is 6.33 Å². The number of ether oxygens (including phenoxy) is 4. The van der Waals surface area contributed by atoms with Crippen molar-refractivity contribution in [2.45, 2.75) is 77.0 Å². The Morgan fingerprint density at radius 2 is 1.97 bits per heavy atom. The van der Waals surface area contributed by atoms with Crippen molar-refractivity contribution < 1.29 is 23.7 Å². The van der Waals surface area contributed by atoms with Gasteiger partial charge in [0.05, 0.1) is 12.9 Å². The third kappa shape index (κ3) is 4.88. The maximum Gasteiger partial charge on any atom is 0.410 e. The molecular weight excluding hydrogens is 430 g/mol. The Morgan fingerprint density at radius 1 is 1.24 bits per heavy atom. The number of amides is 1. The highest BCUT2D eigenvalue weighted by atomic mass is 16.8. The van der Waals surface area contributed by atoms with E-state index in [1.807, 2.05) is 34.6 Å². The van der Waals surface area contributed by atoms with Crippen molar-refractivity contribution >= 4 is 23.1 Å². The van der Waals surface area contributed by atoms with Crippen molar-refractivity contribution in [1.82, 2.24) is 24.4 Å². The van der Waals surface area contributed by atoms with E-state index in [0.29, 0.717) is 30.7 Å². The normalized spacial score (nSPS) is 26.5. The molecule has 4 rings (SSSR count). The van der Waals surface area contributed by atoms with E-state index in [-0.39, 0.29) is 12.4 Å². The largest absolute Gasteiger partial charge is 0.444 e. The summed E-state index contributed by atoms with van der Waals surface area (Å²) in [7, 11) is 0. The first-order valence-corrected chi connectivity index (χ1v) is 11.1. The lowest BCUT2D eigenvalue weighted by molar-refractivity contribution is -0.197. The van der Waals surface area contributed by atoms with E-state index in [9.17, 15) is 4.79 Å². The summed E-state index contributed by atoms with van der Waals surface area (Å²) in [5.41, 5.74) is 12.0. The van der Waals surface area contributed by atoms with E-state index >= 15 is 0 Å². The predicted octanol–water partition coefficient (Wildman–Crippen LogP) is 1.41. The fourth-order valence-corrected chi connectivity index (χ4v) is 4.17. The lowest BCUT2D eigenvalue weighted by Crippen LogP contribution is -2.45. The Bertz CT molecular complexity index is 1000. The van der Waals surface area contributed by atoms with Crippen LogP contribution in [0.15, 0.2) is 12.7 Å². The van der Waals surface area contributed by atoms with Gasteiger partial charge in [0.1, 0.15) is 35.8 Å². The minimum atomic E-state index is -0.811. The van der Waals surface area contributed by atoms with Gasteiger partial charge in [-0.1, -0.05) is 0 Å². The zero-order chi connectivity index (χ0) is 24.0. The third-order valence-corrected chi connectivity index (χ3v) is 5.47. The molecule has 4 N–H and O–H groups in total. The van der Waals surface area contributed by atoms with Gasteiger partial charge in [-0.05, 0) is 47.6 Å². The lowest BCUT2D eigenvalue weighted by atomic mass is 10.1. The van der Waals surface area contributed by atoms with Crippen LogP contribution in [0.3, 0.4) is 0 Å². The number of aromatic nitrogens is 4. The van der Waals surface area contributed by atoms with Gasteiger partial charge in [0.25, 0.3) is 0 Å². The standard InChI is InChI=1S/C21H33N7O5/c1-20(2,3)33-19(29)27(8-6-7-22)9-12-14-15(32-21(4,5)31-14)18(30-12)28-11-26-13-16(23)24-10-25-17(13)28/h10-12,14-15,18H,6-9,22H2,1-5H3,(H2,23,24,25)/t12-,14-,15-,18-/m1/s1. The van der Waals surface area contributed by atoms with Gasteiger partial charge in [0.15, 0.2) is 23.5 Å². The molecule has 12 nitrogen and oxygen atoms in total. The van der Waals surface area contributed by atoms with Gasteiger partial charge in [0.2, 0.25) is 0 Å². The molecule has 0 aromatic carbocycles. The topological polar surface area (TPSA) is 153 Å². The quantitative estimate of drug-likeness (QED) is 0.643. The third-order valence-electron chi connectivity index (χ3n) is 5.47. The first kappa shape index (κ1) is 23.6. The number of rotatable bonds is 6. The second kappa shape index (κ2) is 8.67. The number of hydrogen-bond acceptors (Lipinski definition) is 10. The molecule has 33 heavy (non-hydrogen) atoms. The summed E-state index contributed by atoms with van der Waals surface area (Å²) in [6, 6.07) is 0. The molecule has 0 unspecified atom stereocenters. The van der Waals surface area contributed by atoms with Crippen LogP contribution >= 0.6 is 0 Å². The maximum absolute atomic E-state index is 12.9. The minimum absolute atomic E-state index is 0.260. The van der Waals surface area contributed by atoms with Crippen LogP contribution in [-0.2, 0) is 18.9 Å². The van der Waals surface area contributed by atoms with Gasteiger partial charge < -0.3 is 35.3 Å². The average molecular weight is 464 g/mol. The van der Waals surface area contributed by atoms with Crippen LogP contribution in [0.25, 0.3) is 11.2 Å². The molecule has 0 aliphatic carbocycles. The number of anilines is 1. The Labute approximate surface area is 192 Å². The molecule has 4 heterocycles. The van der Waals surface area contributed by atoms with E-state index in [4.69, 9.17) is 30.4 Å². The van der Waals surface area contributed by atoms with E-state index in [0.717, 1.165) is 0 Å². The molecule has 2 saturated heterocycles. The van der Waals surface area contributed by atoms with Gasteiger partial charge in [-0.25, -0.2) is 19.7 Å². The van der Waals surface area contributed by atoms with Crippen molar-refractivity contribution in [3.63, 3.8) is 0 Å². The summed E-state index contributed by atoms with van der Waals surface area (Å²) in [6.07, 6.45) is 1.31. The number of carbonyl (C=O) groups excluding carboxylic acids is 1. The summed E-state index contributed by atoms with van der Waals surface area (Å²) >= 11 is 0. The van der Waals surface area contributed by atoms with E-state index in [2.05, 4.69) is 15.0 Å². The summed E-state index contributed by atoms with van der Waals surface area (Å²) in [4.78, 5) is 27.2. The van der Waals surface area contributed by atoms with Crippen LogP contribution in [0.5, 0.6) is 0 Å². The van der Waals surface area contributed by atoms with Crippen molar-refractivity contribution in [2.24, 2.45) is 5.73 Å². The Kier molecular flexibility index (Phi) is 6.20. The monoisotopic (exact) mass is 463 g/mol. The van der Waals surface area contributed by atoms with Crippen molar-refractivity contribution in [3.05, 3.63) is 12.7 Å². The summed E-state index contributed by atoms with van der Waals surface area (Å²) in [6.45, 7) is 10.4. The van der Waals surface area contributed by atoms with Crippen LogP contribution in [-0.4, -0.2) is 79.8 Å². The van der Waals surface area contributed by atoms with E-state index < -0.39 is 42.0 Å². The van der Waals surface area contributed by atoms with Gasteiger partial charge in [-0.15, -0.1) is 0 Å². The number of fused-ring (bicyclic) bond motifs is 2. The molecule has 182 valence electrons. The SMILES string of the molecule is CC(C)(C)OC(=O)N(CCCN)C[C@H]1O[C@@H](n2cnc3c(N)ncnc32)[C@@H]2OC(C)(C)O[C@@H]21. The number of carbonyl (C=O) groups is 1. The Morgan fingerprint density at radius 3 is 2.67 bits per heavy atom. The molecular formula is C21H33N7O5. The van der Waals surface area contributed by atoms with Crippen LogP contribution in [0.4, 0.5) is 10.6 Å².